The molecule has 2 aliphatic rings. The Bertz CT molecular complexity index is 441. The molecule has 0 aromatic carbocycles. The van der Waals surface area contributed by atoms with Crippen molar-refractivity contribution in [2.24, 2.45) is 0 Å². The maximum atomic E-state index is 12.6. The standard InChI is InChI=1S/C13H24N2O3S/c1-3-11-14-13(7-4-5-8-13)12(16)15(11)9-6-10-19(2,17)18/h11,14H,3-10H2,1-2H3. The minimum absolute atomic E-state index is 0.0742. The van der Waals surface area contributed by atoms with Crippen molar-refractivity contribution in [3.05, 3.63) is 0 Å². The van der Waals surface area contributed by atoms with E-state index in [2.05, 4.69) is 12.2 Å². The van der Waals surface area contributed by atoms with Gasteiger partial charge in [-0.3, -0.25) is 10.1 Å². The Morgan fingerprint density at radius 3 is 2.53 bits per heavy atom. The number of hydrogen-bond donors (Lipinski definition) is 1. The molecule has 2 rings (SSSR count). The monoisotopic (exact) mass is 288 g/mol. The highest BCUT2D eigenvalue weighted by Crippen LogP contribution is 2.36. The van der Waals surface area contributed by atoms with Crippen LogP contribution in [0.25, 0.3) is 0 Å². The van der Waals surface area contributed by atoms with Crippen molar-refractivity contribution in [1.82, 2.24) is 10.2 Å². The summed E-state index contributed by atoms with van der Waals surface area (Å²) in [5.74, 6) is 0.339. The third-order valence-corrected chi connectivity index (χ3v) is 5.28. The first-order valence-electron chi connectivity index (χ1n) is 7.14. The van der Waals surface area contributed by atoms with Crippen molar-refractivity contribution >= 4 is 15.7 Å². The lowest BCUT2D eigenvalue weighted by atomic mass is 9.98. The maximum Gasteiger partial charge on any atom is 0.244 e. The third-order valence-electron chi connectivity index (χ3n) is 4.25. The maximum absolute atomic E-state index is 12.6. The van der Waals surface area contributed by atoms with E-state index in [1.54, 1.807) is 0 Å². The average molecular weight is 288 g/mol. The van der Waals surface area contributed by atoms with Crippen LogP contribution in [-0.4, -0.2) is 49.5 Å². The summed E-state index contributed by atoms with van der Waals surface area (Å²) < 4.78 is 22.3. The van der Waals surface area contributed by atoms with E-state index in [-0.39, 0.29) is 23.4 Å². The molecule has 1 amide bonds. The van der Waals surface area contributed by atoms with Gasteiger partial charge in [-0.1, -0.05) is 19.8 Å². The Balaban J connectivity index is 2.00. The van der Waals surface area contributed by atoms with Gasteiger partial charge >= 0.3 is 0 Å². The first-order chi connectivity index (χ1) is 8.88. The molecule has 0 bridgehead atoms. The van der Waals surface area contributed by atoms with E-state index in [9.17, 15) is 13.2 Å². The first kappa shape index (κ1) is 14.8. The Morgan fingerprint density at radius 2 is 2.00 bits per heavy atom. The summed E-state index contributed by atoms with van der Waals surface area (Å²) >= 11 is 0. The molecular formula is C13H24N2O3S. The Kier molecular flexibility index (Phi) is 4.20. The molecule has 1 spiro atoms. The van der Waals surface area contributed by atoms with Crippen molar-refractivity contribution in [2.45, 2.75) is 57.2 Å². The predicted octanol–water partition coefficient (Wildman–Crippen LogP) is 0.902. The highest BCUT2D eigenvalue weighted by atomic mass is 32.2. The molecule has 1 aliphatic carbocycles. The van der Waals surface area contributed by atoms with Crippen molar-refractivity contribution in [3.8, 4) is 0 Å². The smallest absolute Gasteiger partial charge is 0.244 e. The van der Waals surface area contributed by atoms with Gasteiger partial charge in [0.2, 0.25) is 5.91 Å². The van der Waals surface area contributed by atoms with Crippen molar-refractivity contribution in [3.63, 3.8) is 0 Å². The molecule has 0 radical (unpaired) electrons. The fourth-order valence-corrected chi connectivity index (χ4v) is 3.94. The van der Waals surface area contributed by atoms with Gasteiger partial charge in [0.1, 0.15) is 9.84 Å². The average Bonchev–Trinajstić information content (AvgIpc) is 2.88. The van der Waals surface area contributed by atoms with Crippen LogP contribution in [0.3, 0.4) is 0 Å². The van der Waals surface area contributed by atoms with Crippen molar-refractivity contribution in [2.75, 3.05) is 18.6 Å². The van der Waals surface area contributed by atoms with Crippen LogP contribution < -0.4 is 5.32 Å². The van der Waals surface area contributed by atoms with Gasteiger partial charge in [0.05, 0.1) is 17.5 Å². The van der Waals surface area contributed by atoms with Gasteiger partial charge in [0, 0.05) is 12.8 Å². The molecule has 1 N–H and O–H groups in total. The lowest BCUT2D eigenvalue weighted by molar-refractivity contribution is -0.133. The number of carbonyl (C=O) groups excluding carboxylic acids is 1. The van der Waals surface area contributed by atoms with E-state index in [0.717, 1.165) is 32.1 Å². The second-order valence-electron chi connectivity index (χ2n) is 5.84. The molecule has 0 aromatic heterocycles. The molecule has 6 heteroatoms. The molecular weight excluding hydrogens is 264 g/mol. The normalized spacial score (nSPS) is 26.5. The van der Waals surface area contributed by atoms with Crippen molar-refractivity contribution in [1.29, 1.82) is 0 Å². The summed E-state index contributed by atoms with van der Waals surface area (Å²) in [7, 11) is -2.94. The molecule has 1 atom stereocenters. The van der Waals surface area contributed by atoms with Crippen LogP contribution in [0, 0.1) is 0 Å². The Hall–Kier alpha value is -0.620. The second kappa shape index (κ2) is 5.40. The van der Waals surface area contributed by atoms with Gasteiger partial charge < -0.3 is 4.90 Å². The molecule has 1 heterocycles. The molecule has 1 saturated carbocycles. The number of nitrogens with zero attached hydrogens (tertiary/aromatic N) is 1. The Morgan fingerprint density at radius 1 is 1.37 bits per heavy atom. The fourth-order valence-electron chi connectivity index (χ4n) is 3.29. The van der Waals surface area contributed by atoms with Crippen LogP contribution in [0.2, 0.25) is 0 Å². The predicted molar refractivity (Wildman–Crippen MR) is 74.5 cm³/mol. The van der Waals surface area contributed by atoms with Gasteiger partial charge in [0.15, 0.2) is 0 Å². The molecule has 0 aromatic rings. The zero-order valence-corrected chi connectivity index (χ0v) is 12.6. The summed E-state index contributed by atoms with van der Waals surface area (Å²) in [5.41, 5.74) is -0.342. The fraction of sp³-hybridized carbons (Fsp3) is 0.923. The van der Waals surface area contributed by atoms with E-state index in [0.29, 0.717) is 13.0 Å². The third kappa shape index (κ3) is 3.11. The zero-order chi connectivity index (χ0) is 14.1. The van der Waals surface area contributed by atoms with Gasteiger partial charge in [-0.25, -0.2) is 8.42 Å². The van der Waals surface area contributed by atoms with Gasteiger partial charge in [-0.05, 0) is 25.7 Å². The Labute approximate surface area is 115 Å². The summed E-state index contributed by atoms with van der Waals surface area (Å²) in [4.78, 5) is 14.4. The minimum atomic E-state index is -2.94. The summed E-state index contributed by atoms with van der Waals surface area (Å²) in [6, 6.07) is 0. The molecule has 1 aliphatic heterocycles. The number of sulfone groups is 1. The van der Waals surface area contributed by atoms with Crippen LogP contribution in [-0.2, 0) is 14.6 Å². The highest BCUT2D eigenvalue weighted by molar-refractivity contribution is 7.90. The summed E-state index contributed by atoms with van der Waals surface area (Å²) in [6.07, 6.45) is 6.76. The molecule has 5 nitrogen and oxygen atoms in total. The number of amides is 1. The number of nitrogens with one attached hydrogen (secondary N) is 1. The van der Waals surface area contributed by atoms with E-state index in [1.165, 1.54) is 6.26 Å². The topological polar surface area (TPSA) is 66.5 Å². The largest absolute Gasteiger partial charge is 0.326 e. The van der Waals surface area contributed by atoms with Crippen LogP contribution in [0.1, 0.15) is 45.4 Å². The van der Waals surface area contributed by atoms with E-state index >= 15 is 0 Å². The van der Waals surface area contributed by atoms with Crippen molar-refractivity contribution < 1.29 is 13.2 Å². The van der Waals surface area contributed by atoms with Crippen LogP contribution in [0.4, 0.5) is 0 Å². The lowest BCUT2D eigenvalue weighted by Gasteiger charge is -2.23. The molecule has 110 valence electrons. The molecule has 1 saturated heterocycles. The molecule has 2 fully saturated rings. The summed E-state index contributed by atoms with van der Waals surface area (Å²) in [6.45, 7) is 2.60. The van der Waals surface area contributed by atoms with Gasteiger partial charge in [0.25, 0.3) is 0 Å². The zero-order valence-electron chi connectivity index (χ0n) is 11.8. The quantitative estimate of drug-likeness (QED) is 0.816. The van der Waals surface area contributed by atoms with Crippen LogP contribution >= 0.6 is 0 Å². The lowest BCUT2D eigenvalue weighted by Crippen LogP contribution is -2.44. The SMILES string of the molecule is CCC1NC2(CCCC2)C(=O)N1CCCS(C)(=O)=O. The van der Waals surface area contributed by atoms with Crippen LogP contribution in [0.5, 0.6) is 0 Å². The van der Waals surface area contributed by atoms with Crippen LogP contribution in [0.15, 0.2) is 0 Å². The highest BCUT2D eigenvalue weighted by Gasteiger charge is 2.51. The summed E-state index contributed by atoms with van der Waals surface area (Å²) in [5, 5.41) is 3.49. The molecule has 1 unspecified atom stereocenters. The first-order valence-corrected chi connectivity index (χ1v) is 9.20. The number of hydrogen-bond acceptors (Lipinski definition) is 4. The van der Waals surface area contributed by atoms with Gasteiger partial charge in [-0.2, -0.15) is 0 Å². The minimum Gasteiger partial charge on any atom is -0.326 e. The molecule has 19 heavy (non-hydrogen) atoms. The number of rotatable bonds is 5. The van der Waals surface area contributed by atoms with E-state index in [1.807, 2.05) is 4.90 Å². The van der Waals surface area contributed by atoms with E-state index in [4.69, 9.17) is 0 Å². The van der Waals surface area contributed by atoms with Gasteiger partial charge in [-0.15, -0.1) is 0 Å². The van der Waals surface area contributed by atoms with E-state index < -0.39 is 9.84 Å². The number of carbonyl (C=O) groups is 1. The second-order valence-corrected chi connectivity index (χ2v) is 8.10.